The monoisotopic (exact) mass is 356 g/mol. The zero-order valence-corrected chi connectivity index (χ0v) is 15.4. The molecule has 0 spiro atoms. The summed E-state index contributed by atoms with van der Waals surface area (Å²) in [6.07, 6.45) is 2.30. The molecule has 2 amide bonds. The third-order valence-corrected chi connectivity index (χ3v) is 4.68. The quantitative estimate of drug-likeness (QED) is 0.618. The average molecular weight is 356 g/mol. The Hall–Kier alpha value is -3.45. The van der Waals surface area contributed by atoms with Gasteiger partial charge in [-0.1, -0.05) is 60.2 Å². The van der Waals surface area contributed by atoms with Crippen molar-refractivity contribution in [2.45, 2.75) is 20.3 Å². The number of benzene rings is 2. The van der Waals surface area contributed by atoms with Crippen LogP contribution in [0.15, 0.2) is 71.3 Å². The van der Waals surface area contributed by atoms with Crippen LogP contribution in [0.3, 0.4) is 0 Å². The van der Waals surface area contributed by atoms with Crippen LogP contribution in [-0.2, 0) is 16.0 Å². The second-order valence-corrected chi connectivity index (χ2v) is 6.58. The standard InChI is InChI=1S/C23H20N2O2/c1-16-8-10-19(11-9-16)14-20-17(2)21(15-24)23(27)25(22(20)26)13-12-18-6-4-3-5-7-18/h3-11,14H,12-13H2,1-2H3/b20-14-. The van der Waals surface area contributed by atoms with E-state index in [1.165, 1.54) is 4.90 Å². The Labute approximate surface area is 159 Å². The van der Waals surface area contributed by atoms with Gasteiger partial charge in [0, 0.05) is 12.1 Å². The van der Waals surface area contributed by atoms with Gasteiger partial charge in [-0.15, -0.1) is 0 Å². The average Bonchev–Trinajstić information content (AvgIpc) is 2.68. The number of nitrogens with zero attached hydrogens (tertiary/aromatic N) is 2. The number of nitriles is 1. The molecule has 2 aromatic rings. The van der Waals surface area contributed by atoms with Crippen molar-refractivity contribution < 1.29 is 9.59 Å². The summed E-state index contributed by atoms with van der Waals surface area (Å²) in [6.45, 7) is 3.89. The molecule has 0 aromatic heterocycles. The molecule has 0 saturated carbocycles. The molecule has 0 saturated heterocycles. The minimum atomic E-state index is -0.517. The van der Waals surface area contributed by atoms with Gasteiger partial charge in [-0.2, -0.15) is 5.26 Å². The Morgan fingerprint density at radius 1 is 0.963 bits per heavy atom. The number of carbonyl (C=O) groups excluding carboxylic acids is 2. The zero-order chi connectivity index (χ0) is 19.4. The highest BCUT2D eigenvalue weighted by Crippen LogP contribution is 2.27. The summed E-state index contributed by atoms with van der Waals surface area (Å²) in [5.41, 5.74) is 3.87. The minimum absolute atomic E-state index is 0.0287. The minimum Gasteiger partial charge on any atom is -0.273 e. The molecule has 134 valence electrons. The van der Waals surface area contributed by atoms with Crippen LogP contribution in [-0.4, -0.2) is 23.3 Å². The molecule has 1 heterocycles. The third kappa shape index (κ3) is 3.88. The van der Waals surface area contributed by atoms with Gasteiger partial charge in [0.25, 0.3) is 11.8 Å². The summed E-state index contributed by atoms with van der Waals surface area (Å²) in [4.78, 5) is 26.8. The molecule has 0 bridgehead atoms. The number of hydrogen-bond acceptors (Lipinski definition) is 3. The Morgan fingerprint density at radius 2 is 1.63 bits per heavy atom. The fourth-order valence-corrected chi connectivity index (χ4v) is 3.05. The van der Waals surface area contributed by atoms with Crippen molar-refractivity contribution in [1.29, 1.82) is 5.26 Å². The lowest BCUT2D eigenvalue weighted by atomic mass is 9.93. The zero-order valence-electron chi connectivity index (χ0n) is 15.4. The van der Waals surface area contributed by atoms with Crippen molar-refractivity contribution in [1.82, 2.24) is 4.90 Å². The van der Waals surface area contributed by atoms with Gasteiger partial charge in [0.05, 0.1) is 0 Å². The van der Waals surface area contributed by atoms with Crippen molar-refractivity contribution in [2.24, 2.45) is 0 Å². The third-order valence-electron chi connectivity index (χ3n) is 4.68. The predicted molar refractivity (Wildman–Crippen MR) is 104 cm³/mol. The molecule has 0 atom stereocenters. The van der Waals surface area contributed by atoms with Gasteiger partial charge in [0.15, 0.2) is 0 Å². The number of imide groups is 1. The van der Waals surface area contributed by atoms with Crippen LogP contribution < -0.4 is 0 Å². The van der Waals surface area contributed by atoms with E-state index in [1.807, 2.05) is 67.6 Å². The van der Waals surface area contributed by atoms with Crippen LogP contribution in [0.5, 0.6) is 0 Å². The van der Waals surface area contributed by atoms with E-state index in [-0.39, 0.29) is 18.0 Å². The lowest BCUT2D eigenvalue weighted by Crippen LogP contribution is -2.43. The van der Waals surface area contributed by atoms with Crippen molar-refractivity contribution in [3.8, 4) is 6.07 Å². The molecule has 1 aliphatic heterocycles. The van der Waals surface area contributed by atoms with Crippen LogP contribution in [0.25, 0.3) is 6.08 Å². The normalized spacial score (nSPS) is 16.0. The topological polar surface area (TPSA) is 61.2 Å². The molecular weight excluding hydrogens is 336 g/mol. The molecule has 0 N–H and O–H groups in total. The van der Waals surface area contributed by atoms with E-state index >= 15 is 0 Å². The second kappa shape index (κ2) is 7.84. The Balaban J connectivity index is 1.94. The summed E-state index contributed by atoms with van der Waals surface area (Å²) in [5.74, 6) is -0.870. The molecule has 0 fully saturated rings. The van der Waals surface area contributed by atoms with Gasteiger partial charge >= 0.3 is 0 Å². The highest BCUT2D eigenvalue weighted by molar-refractivity contribution is 6.19. The van der Waals surface area contributed by atoms with Crippen LogP contribution in [0.2, 0.25) is 0 Å². The molecule has 1 aliphatic rings. The van der Waals surface area contributed by atoms with Crippen LogP contribution in [0, 0.1) is 18.3 Å². The van der Waals surface area contributed by atoms with Crippen LogP contribution in [0.1, 0.15) is 23.6 Å². The SMILES string of the molecule is CC1=C(C#N)C(=O)N(CCc2ccccc2)C(=O)/C1=C\c1ccc(C)cc1. The number of amides is 2. The second-order valence-electron chi connectivity index (χ2n) is 6.58. The summed E-state index contributed by atoms with van der Waals surface area (Å²) in [6, 6.07) is 19.4. The summed E-state index contributed by atoms with van der Waals surface area (Å²) in [5, 5.41) is 9.45. The number of aryl methyl sites for hydroxylation is 1. The molecule has 4 nitrogen and oxygen atoms in total. The largest absolute Gasteiger partial charge is 0.273 e. The highest BCUT2D eigenvalue weighted by atomic mass is 16.2. The Kier molecular flexibility index (Phi) is 5.33. The first-order valence-corrected chi connectivity index (χ1v) is 8.81. The van der Waals surface area contributed by atoms with E-state index in [9.17, 15) is 14.9 Å². The first-order chi connectivity index (χ1) is 13.0. The molecule has 2 aromatic carbocycles. The predicted octanol–water partition coefficient (Wildman–Crippen LogP) is 3.83. The number of rotatable bonds is 4. The lowest BCUT2D eigenvalue weighted by Gasteiger charge is -2.27. The Bertz CT molecular complexity index is 977. The number of carbonyl (C=O) groups is 2. The molecule has 4 heteroatoms. The molecule has 0 radical (unpaired) electrons. The maximum atomic E-state index is 13.0. The van der Waals surface area contributed by atoms with Crippen molar-refractivity contribution in [3.05, 3.63) is 88.0 Å². The maximum Gasteiger partial charge on any atom is 0.271 e. The van der Waals surface area contributed by atoms with E-state index in [0.717, 1.165) is 16.7 Å². The van der Waals surface area contributed by atoms with E-state index < -0.39 is 5.91 Å². The van der Waals surface area contributed by atoms with Gasteiger partial charge in [0.1, 0.15) is 11.6 Å². The smallest absolute Gasteiger partial charge is 0.271 e. The molecule has 0 unspecified atom stereocenters. The van der Waals surface area contributed by atoms with Crippen molar-refractivity contribution in [2.75, 3.05) is 6.54 Å². The number of hydrogen-bond donors (Lipinski definition) is 0. The Morgan fingerprint density at radius 3 is 2.26 bits per heavy atom. The first-order valence-electron chi connectivity index (χ1n) is 8.81. The van der Waals surface area contributed by atoms with Crippen LogP contribution in [0.4, 0.5) is 0 Å². The summed E-state index contributed by atoms with van der Waals surface area (Å²) >= 11 is 0. The molecule has 27 heavy (non-hydrogen) atoms. The summed E-state index contributed by atoms with van der Waals surface area (Å²) < 4.78 is 0. The van der Waals surface area contributed by atoms with Gasteiger partial charge in [-0.3, -0.25) is 14.5 Å². The van der Waals surface area contributed by atoms with E-state index in [4.69, 9.17) is 0 Å². The highest BCUT2D eigenvalue weighted by Gasteiger charge is 2.35. The van der Waals surface area contributed by atoms with Gasteiger partial charge in [-0.05, 0) is 43.0 Å². The van der Waals surface area contributed by atoms with Crippen molar-refractivity contribution in [3.63, 3.8) is 0 Å². The van der Waals surface area contributed by atoms with Crippen LogP contribution >= 0.6 is 0 Å². The van der Waals surface area contributed by atoms with Gasteiger partial charge in [0.2, 0.25) is 0 Å². The van der Waals surface area contributed by atoms with Gasteiger partial charge in [-0.25, -0.2) is 0 Å². The van der Waals surface area contributed by atoms with E-state index in [1.54, 1.807) is 13.0 Å². The fourth-order valence-electron chi connectivity index (χ4n) is 3.05. The first kappa shape index (κ1) is 18.3. The maximum absolute atomic E-state index is 13.0. The molecule has 0 aliphatic carbocycles. The van der Waals surface area contributed by atoms with E-state index in [0.29, 0.717) is 17.6 Å². The molecular formula is C23H20N2O2. The molecule has 3 rings (SSSR count). The lowest BCUT2D eigenvalue weighted by molar-refractivity contribution is -0.140. The van der Waals surface area contributed by atoms with Crippen molar-refractivity contribution >= 4 is 17.9 Å². The van der Waals surface area contributed by atoms with Gasteiger partial charge < -0.3 is 0 Å². The summed E-state index contributed by atoms with van der Waals surface area (Å²) in [7, 11) is 0. The fraction of sp³-hybridized carbons (Fsp3) is 0.174. The van der Waals surface area contributed by atoms with E-state index in [2.05, 4.69) is 0 Å².